The van der Waals surface area contributed by atoms with Crippen LogP contribution in [0.25, 0.3) is 0 Å². The van der Waals surface area contributed by atoms with Gasteiger partial charge in [0.05, 0.1) is 0 Å². The van der Waals surface area contributed by atoms with Crippen LogP contribution in [0.5, 0.6) is 0 Å². The molecular formula is C11H14Cl2N2. The highest BCUT2D eigenvalue weighted by Gasteiger charge is 2.23. The Morgan fingerprint density at radius 3 is 2.33 bits per heavy atom. The normalized spacial score (nSPS) is 25.5. The number of hydrogen-bond acceptors (Lipinski definition) is 2. The third-order valence-electron chi connectivity index (χ3n) is 2.78. The second kappa shape index (κ2) is 4.60. The van der Waals surface area contributed by atoms with Crippen LogP contribution >= 0.6 is 23.2 Å². The van der Waals surface area contributed by atoms with Crippen molar-refractivity contribution in [1.82, 2.24) is 0 Å². The number of benzene rings is 1. The van der Waals surface area contributed by atoms with Crippen molar-refractivity contribution in [3.05, 3.63) is 28.2 Å². The molecule has 0 bridgehead atoms. The molecule has 0 aliphatic heterocycles. The van der Waals surface area contributed by atoms with Gasteiger partial charge in [-0.1, -0.05) is 23.2 Å². The molecule has 0 amide bonds. The first kappa shape index (κ1) is 11.1. The van der Waals surface area contributed by atoms with E-state index in [0.29, 0.717) is 16.1 Å². The summed E-state index contributed by atoms with van der Waals surface area (Å²) in [7, 11) is 0. The molecule has 0 aromatic heterocycles. The van der Waals surface area contributed by atoms with Crippen LogP contribution in [0, 0.1) is 0 Å². The fourth-order valence-corrected chi connectivity index (χ4v) is 2.55. The van der Waals surface area contributed by atoms with E-state index in [1.807, 2.05) is 12.1 Å². The molecule has 4 heteroatoms. The maximum Gasteiger partial charge on any atom is 0.0441 e. The molecule has 2 atom stereocenters. The highest BCUT2D eigenvalue weighted by atomic mass is 35.5. The minimum absolute atomic E-state index is 0.239. The van der Waals surface area contributed by atoms with Gasteiger partial charge < -0.3 is 11.1 Å². The zero-order valence-corrected chi connectivity index (χ0v) is 9.85. The Morgan fingerprint density at radius 2 is 1.80 bits per heavy atom. The lowest BCUT2D eigenvalue weighted by Crippen LogP contribution is -2.35. The molecule has 1 saturated carbocycles. The molecule has 0 heterocycles. The van der Waals surface area contributed by atoms with Gasteiger partial charge in [-0.15, -0.1) is 0 Å². The van der Waals surface area contributed by atoms with Crippen molar-refractivity contribution >= 4 is 28.9 Å². The van der Waals surface area contributed by atoms with Crippen molar-refractivity contribution in [2.45, 2.75) is 31.3 Å². The summed E-state index contributed by atoms with van der Waals surface area (Å²) < 4.78 is 0. The van der Waals surface area contributed by atoms with Crippen LogP contribution in [0.4, 0.5) is 5.69 Å². The Morgan fingerprint density at radius 1 is 1.13 bits per heavy atom. The standard InChI is InChI=1S/C11H14Cl2N2/c12-7-4-8(13)6-9(5-7)15-11-3-1-2-10(11)14/h4-6,10-11,15H,1-3,14H2. The Labute approximate surface area is 99.7 Å². The molecule has 0 saturated heterocycles. The molecule has 0 spiro atoms. The molecule has 15 heavy (non-hydrogen) atoms. The molecule has 1 fully saturated rings. The summed E-state index contributed by atoms with van der Waals surface area (Å²) in [6.07, 6.45) is 3.39. The fraction of sp³-hybridized carbons (Fsp3) is 0.455. The average Bonchev–Trinajstić information content (AvgIpc) is 2.50. The van der Waals surface area contributed by atoms with E-state index in [2.05, 4.69) is 5.32 Å². The summed E-state index contributed by atoms with van der Waals surface area (Å²) in [6.45, 7) is 0. The van der Waals surface area contributed by atoms with Crippen molar-refractivity contribution in [2.24, 2.45) is 5.73 Å². The third-order valence-corrected chi connectivity index (χ3v) is 3.22. The quantitative estimate of drug-likeness (QED) is 0.839. The predicted octanol–water partition coefficient (Wildman–Crippen LogP) is 3.29. The number of hydrogen-bond donors (Lipinski definition) is 2. The van der Waals surface area contributed by atoms with Gasteiger partial charge in [-0.05, 0) is 37.5 Å². The Balaban J connectivity index is 2.10. The van der Waals surface area contributed by atoms with E-state index < -0.39 is 0 Å². The zero-order chi connectivity index (χ0) is 10.8. The maximum absolute atomic E-state index is 5.97. The Kier molecular flexibility index (Phi) is 3.39. The molecule has 2 unspecified atom stereocenters. The second-order valence-corrected chi connectivity index (χ2v) is 4.88. The van der Waals surface area contributed by atoms with E-state index >= 15 is 0 Å². The lowest BCUT2D eigenvalue weighted by molar-refractivity contribution is 0.638. The highest BCUT2D eigenvalue weighted by molar-refractivity contribution is 6.35. The van der Waals surface area contributed by atoms with Crippen molar-refractivity contribution < 1.29 is 0 Å². The molecule has 82 valence electrons. The summed E-state index contributed by atoms with van der Waals surface area (Å²) in [5.41, 5.74) is 6.93. The lowest BCUT2D eigenvalue weighted by atomic mass is 10.2. The molecule has 0 radical (unpaired) electrons. The third kappa shape index (κ3) is 2.77. The van der Waals surface area contributed by atoms with Gasteiger partial charge in [0.15, 0.2) is 0 Å². The molecule has 2 nitrogen and oxygen atoms in total. The first-order valence-corrected chi connectivity index (χ1v) is 5.89. The van der Waals surface area contributed by atoms with Gasteiger partial charge in [0.2, 0.25) is 0 Å². The minimum Gasteiger partial charge on any atom is -0.381 e. The maximum atomic E-state index is 5.97. The summed E-state index contributed by atoms with van der Waals surface area (Å²) >= 11 is 11.8. The van der Waals surface area contributed by atoms with Crippen molar-refractivity contribution in [2.75, 3.05) is 5.32 Å². The van der Waals surface area contributed by atoms with E-state index in [1.54, 1.807) is 6.07 Å². The monoisotopic (exact) mass is 244 g/mol. The first-order chi connectivity index (χ1) is 7.15. The number of halogens is 2. The fourth-order valence-electron chi connectivity index (χ4n) is 2.02. The Hall–Kier alpha value is -0.440. The smallest absolute Gasteiger partial charge is 0.0441 e. The number of nitrogens with one attached hydrogen (secondary N) is 1. The largest absolute Gasteiger partial charge is 0.381 e. The molecule has 1 aliphatic carbocycles. The van der Waals surface area contributed by atoms with Gasteiger partial charge in [-0.25, -0.2) is 0 Å². The van der Waals surface area contributed by atoms with Crippen LogP contribution in [0.2, 0.25) is 10.0 Å². The van der Waals surface area contributed by atoms with E-state index in [0.717, 1.165) is 18.5 Å². The van der Waals surface area contributed by atoms with Crippen molar-refractivity contribution in [3.63, 3.8) is 0 Å². The minimum atomic E-state index is 0.239. The molecular weight excluding hydrogens is 231 g/mol. The van der Waals surface area contributed by atoms with Gasteiger partial charge in [-0.2, -0.15) is 0 Å². The van der Waals surface area contributed by atoms with Gasteiger partial charge in [0.1, 0.15) is 0 Å². The molecule has 1 aromatic carbocycles. The number of rotatable bonds is 2. The molecule has 1 aliphatic rings. The van der Waals surface area contributed by atoms with Crippen molar-refractivity contribution in [3.8, 4) is 0 Å². The zero-order valence-electron chi connectivity index (χ0n) is 8.34. The van der Waals surface area contributed by atoms with Gasteiger partial charge in [0.25, 0.3) is 0 Å². The molecule has 2 rings (SSSR count). The van der Waals surface area contributed by atoms with Gasteiger partial charge in [0, 0.05) is 27.8 Å². The predicted molar refractivity (Wildman–Crippen MR) is 65.7 cm³/mol. The van der Waals surface area contributed by atoms with Crippen LogP contribution in [0.1, 0.15) is 19.3 Å². The highest BCUT2D eigenvalue weighted by Crippen LogP contribution is 2.26. The summed E-state index contributed by atoms with van der Waals surface area (Å²) in [6, 6.07) is 6.06. The van der Waals surface area contributed by atoms with E-state index in [9.17, 15) is 0 Å². The second-order valence-electron chi connectivity index (χ2n) is 4.00. The van der Waals surface area contributed by atoms with E-state index in [-0.39, 0.29) is 6.04 Å². The first-order valence-electron chi connectivity index (χ1n) is 5.13. The van der Waals surface area contributed by atoms with Crippen LogP contribution in [0.15, 0.2) is 18.2 Å². The van der Waals surface area contributed by atoms with Gasteiger partial charge in [-0.3, -0.25) is 0 Å². The average molecular weight is 245 g/mol. The van der Waals surface area contributed by atoms with Crippen molar-refractivity contribution in [1.29, 1.82) is 0 Å². The van der Waals surface area contributed by atoms with Gasteiger partial charge >= 0.3 is 0 Å². The summed E-state index contributed by atoms with van der Waals surface area (Å²) in [5, 5.41) is 4.68. The summed E-state index contributed by atoms with van der Waals surface area (Å²) in [4.78, 5) is 0. The van der Waals surface area contributed by atoms with Crippen LogP contribution in [0.3, 0.4) is 0 Å². The van der Waals surface area contributed by atoms with E-state index in [4.69, 9.17) is 28.9 Å². The van der Waals surface area contributed by atoms with Crippen LogP contribution in [-0.2, 0) is 0 Å². The summed E-state index contributed by atoms with van der Waals surface area (Å²) in [5.74, 6) is 0. The van der Waals surface area contributed by atoms with E-state index in [1.165, 1.54) is 6.42 Å². The number of nitrogens with two attached hydrogens (primary N) is 1. The Bertz CT molecular complexity index is 334. The topological polar surface area (TPSA) is 38.0 Å². The van der Waals surface area contributed by atoms with Crippen LogP contribution in [-0.4, -0.2) is 12.1 Å². The SMILES string of the molecule is NC1CCCC1Nc1cc(Cl)cc(Cl)c1. The van der Waals surface area contributed by atoms with Crippen LogP contribution < -0.4 is 11.1 Å². The number of anilines is 1. The molecule has 3 N–H and O–H groups in total. The molecule has 1 aromatic rings. The lowest BCUT2D eigenvalue weighted by Gasteiger charge is -2.18.